The molecule has 0 aliphatic heterocycles. The van der Waals surface area contributed by atoms with Crippen LogP contribution in [0.15, 0.2) is 42.5 Å². The Balaban J connectivity index is 1.95. The van der Waals surface area contributed by atoms with Crippen LogP contribution < -0.4 is 4.74 Å². The van der Waals surface area contributed by atoms with Gasteiger partial charge in [-0.05, 0) is 42.7 Å². The van der Waals surface area contributed by atoms with Crippen molar-refractivity contribution in [3.63, 3.8) is 0 Å². The van der Waals surface area contributed by atoms with Crippen LogP contribution in [0.2, 0.25) is 0 Å². The van der Waals surface area contributed by atoms with E-state index in [2.05, 4.69) is 24.0 Å². The Morgan fingerprint density at radius 3 is 2.38 bits per heavy atom. The number of H-pyrrole nitrogens is 1. The van der Waals surface area contributed by atoms with Crippen molar-refractivity contribution < 1.29 is 14.9 Å². The van der Waals surface area contributed by atoms with E-state index in [1.54, 1.807) is 6.07 Å². The molecule has 0 aliphatic rings. The Kier molecular flexibility index (Phi) is 4.16. The highest BCUT2D eigenvalue weighted by Gasteiger charge is 2.18. The molecule has 3 N–H and O–H groups in total. The molecule has 0 unspecified atom stereocenters. The number of nitrogens with one attached hydrogen (secondary N) is 1. The van der Waals surface area contributed by atoms with Gasteiger partial charge in [0, 0.05) is 11.6 Å². The van der Waals surface area contributed by atoms with Crippen molar-refractivity contribution in [3.8, 4) is 34.3 Å². The first-order valence-corrected chi connectivity index (χ1v) is 7.81. The smallest absolute Gasteiger partial charge is 0.176 e. The van der Waals surface area contributed by atoms with Gasteiger partial charge in [0.25, 0.3) is 0 Å². The van der Waals surface area contributed by atoms with Gasteiger partial charge in [-0.3, -0.25) is 5.10 Å². The molecule has 0 bridgehead atoms. The van der Waals surface area contributed by atoms with Crippen molar-refractivity contribution in [2.24, 2.45) is 0 Å². The third-order valence-electron chi connectivity index (χ3n) is 3.89. The normalized spacial score (nSPS) is 11.0. The third kappa shape index (κ3) is 3.06. The Morgan fingerprint density at radius 2 is 1.75 bits per heavy atom. The Bertz CT molecular complexity index is 852. The van der Waals surface area contributed by atoms with E-state index < -0.39 is 0 Å². The van der Waals surface area contributed by atoms with Crippen LogP contribution >= 0.6 is 0 Å². The molecule has 3 rings (SSSR count). The number of phenolic OH excluding ortho intramolecular Hbond substituents is 2. The summed E-state index contributed by atoms with van der Waals surface area (Å²) >= 11 is 0. The number of nitrogens with zero attached hydrogens (tertiary/aromatic N) is 1. The van der Waals surface area contributed by atoms with E-state index >= 15 is 0 Å². The number of hydrogen-bond acceptors (Lipinski definition) is 4. The van der Waals surface area contributed by atoms with Crippen LogP contribution in [0.5, 0.6) is 23.0 Å². The lowest BCUT2D eigenvalue weighted by Gasteiger charge is -2.10. The van der Waals surface area contributed by atoms with E-state index in [0.717, 1.165) is 5.69 Å². The number of aromatic nitrogens is 2. The molecular formula is C19H20N2O3. The molecule has 0 amide bonds. The minimum atomic E-state index is -0.0542. The highest BCUT2D eigenvalue weighted by Crippen LogP contribution is 2.39. The predicted octanol–water partition coefficient (Wildman–Crippen LogP) is 4.71. The Hall–Kier alpha value is -2.95. The highest BCUT2D eigenvalue weighted by atomic mass is 16.5. The van der Waals surface area contributed by atoms with Crippen LogP contribution in [0.4, 0.5) is 0 Å². The molecule has 24 heavy (non-hydrogen) atoms. The monoisotopic (exact) mass is 324 g/mol. The van der Waals surface area contributed by atoms with Gasteiger partial charge in [-0.1, -0.05) is 26.0 Å². The summed E-state index contributed by atoms with van der Waals surface area (Å²) in [5, 5.41) is 26.6. The van der Waals surface area contributed by atoms with Gasteiger partial charge in [-0.15, -0.1) is 0 Å². The van der Waals surface area contributed by atoms with Gasteiger partial charge in [0.05, 0.1) is 5.69 Å². The largest absolute Gasteiger partial charge is 0.508 e. The zero-order valence-corrected chi connectivity index (χ0v) is 13.9. The van der Waals surface area contributed by atoms with Gasteiger partial charge in [-0.2, -0.15) is 5.10 Å². The third-order valence-corrected chi connectivity index (χ3v) is 3.89. The average Bonchev–Trinajstić information content (AvgIpc) is 2.89. The fraction of sp³-hybridized carbons (Fsp3) is 0.211. The molecule has 0 saturated carbocycles. The first kappa shape index (κ1) is 15.9. The second-order valence-corrected chi connectivity index (χ2v) is 6.05. The summed E-state index contributed by atoms with van der Waals surface area (Å²) in [5.74, 6) is 1.65. The van der Waals surface area contributed by atoms with E-state index in [1.807, 2.05) is 31.2 Å². The van der Waals surface area contributed by atoms with Crippen LogP contribution in [-0.4, -0.2) is 20.4 Å². The molecular weight excluding hydrogens is 304 g/mol. The summed E-state index contributed by atoms with van der Waals surface area (Å²) in [7, 11) is 0. The van der Waals surface area contributed by atoms with Crippen molar-refractivity contribution in [2.45, 2.75) is 26.7 Å². The average molecular weight is 324 g/mol. The van der Waals surface area contributed by atoms with Gasteiger partial charge >= 0.3 is 0 Å². The van der Waals surface area contributed by atoms with Crippen molar-refractivity contribution in [3.05, 3.63) is 53.7 Å². The van der Waals surface area contributed by atoms with E-state index in [-0.39, 0.29) is 11.5 Å². The first-order valence-electron chi connectivity index (χ1n) is 7.81. The fourth-order valence-corrected chi connectivity index (χ4v) is 2.49. The van der Waals surface area contributed by atoms with Crippen molar-refractivity contribution in [1.82, 2.24) is 10.2 Å². The molecule has 1 heterocycles. The molecule has 0 saturated heterocycles. The van der Waals surface area contributed by atoms with Gasteiger partial charge in [0.2, 0.25) is 0 Å². The van der Waals surface area contributed by atoms with E-state index in [0.29, 0.717) is 28.7 Å². The molecule has 0 spiro atoms. The maximum absolute atomic E-state index is 10.1. The summed E-state index contributed by atoms with van der Waals surface area (Å²) in [6, 6.07) is 12.3. The van der Waals surface area contributed by atoms with Crippen molar-refractivity contribution >= 4 is 0 Å². The Morgan fingerprint density at radius 1 is 1.04 bits per heavy atom. The first-order chi connectivity index (χ1) is 11.5. The summed E-state index contributed by atoms with van der Waals surface area (Å²) in [5.41, 5.74) is 2.98. The second-order valence-electron chi connectivity index (χ2n) is 6.05. The number of rotatable bonds is 4. The quantitative estimate of drug-likeness (QED) is 0.649. The minimum absolute atomic E-state index is 0.00440. The number of aromatic amines is 1. The molecule has 124 valence electrons. The fourth-order valence-electron chi connectivity index (χ4n) is 2.49. The van der Waals surface area contributed by atoms with Crippen molar-refractivity contribution in [1.29, 1.82) is 0 Å². The second kappa shape index (κ2) is 6.28. The van der Waals surface area contributed by atoms with E-state index in [1.165, 1.54) is 17.7 Å². The van der Waals surface area contributed by atoms with E-state index in [4.69, 9.17) is 4.74 Å². The topological polar surface area (TPSA) is 78.4 Å². The van der Waals surface area contributed by atoms with Gasteiger partial charge in [-0.25, -0.2) is 0 Å². The maximum Gasteiger partial charge on any atom is 0.176 e. The number of hydrogen-bond donors (Lipinski definition) is 3. The number of benzene rings is 2. The van der Waals surface area contributed by atoms with Gasteiger partial charge in [0.1, 0.15) is 22.9 Å². The molecule has 0 radical (unpaired) electrons. The van der Waals surface area contributed by atoms with Crippen molar-refractivity contribution in [2.75, 3.05) is 0 Å². The zero-order chi connectivity index (χ0) is 17.3. The standard InChI is InChI=1S/C19H20N2O3/c1-11(2)13-4-7-15(8-5-13)24-19-12(3)20-21-18(19)16-9-6-14(22)10-17(16)23/h4-11,22-23H,1-3H3,(H,20,21). The minimum Gasteiger partial charge on any atom is -0.508 e. The maximum atomic E-state index is 10.1. The number of aromatic hydroxyl groups is 2. The molecule has 0 fully saturated rings. The van der Waals surface area contributed by atoms with Gasteiger partial charge < -0.3 is 14.9 Å². The molecule has 2 aromatic carbocycles. The summed E-state index contributed by atoms with van der Waals surface area (Å²) in [6.45, 7) is 6.13. The summed E-state index contributed by atoms with van der Waals surface area (Å²) in [4.78, 5) is 0. The number of aryl methyl sites for hydroxylation is 1. The SMILES string of the molecule is Cc1[nH]nc(-c2ccc(O)cc2O)c1Oc1ccc(C(C)C)cc1. The van der Waals surface area contributed by atoms with Crippen LogP contribution in [0.1, 0.15) is 31.0 Å². The van der Waals surface area contributed by atoms with E-state index in [9.17, 15) is 10.2 Å². The zero-order valence-electron chi connectivity index (χ0n) is 13.9. The predicted molar refractivity (Wildman–Crippen MR) is 92.7 cm³/mol. The summed E-state index contributed by atoms with van der Waals surface area (Å²) in [6.07, 6.45) is 0. The van der Waals surface area contributed by atoms with Gasteiger partial charge in [0.15, 0.2) is 5.75 Å². The van der Waals surface area contributed by atoms with Crippen LogP contribution in [0.3, 0.4) is 0 Å². The molecule has 1 aromatic heterocycles. The lowest BCUT2D eigenvalue weighted by atomic mass is 10.0. The highest BCUT2D eigenvalue weighted by molar-refractivity contribution is 5.74. The molecule has 5 nitrogen and oxygen atoms in total. The molecule has 0 atom stereocenters. The Labute approximate surface area is 140 Å². The van der Waals surface area contributed by atoms with Crippen LogP contribution in [-0.2, 0) is 0 Å². The van der Waals surface area contributed by atoms with Crippen LogP contribution in [0, 0.1) is 6.92 Å². The lowest BCUT2D eigenvalue weighted by molar-refractivity contribution is 0.450. The number of ether oxygens (including phenoxy) is 1. The molecule has 5 heteroatoms. The van der Waals surface area contributed by atoms with Crippen LogP contribution in [0.25, 0.3) is 11.3 Å². The lowest BCUT2D eigenvalue weighted by Crippen LogP contribution is -1.90. The number of phenols is 2. The molecule has 3 aromatic rings. The summed E-state index contributed by atoms with van der Waals surface area (Å²) < 4.78 is 5.99. The molecule has 0 aliphatic carbocycles.